The lowest BCUT2D eigenvalue weighted by Crippen LogP contribution is -2.22. The highest BCUT2D eigenvalue weighted by Crippen LogP contribution is 2.22. The van der Waals surface area contributed by atoms with Crippen LogP contribution in [0.25, 0.3) is 0 Å². The number of carbonyl (C=O) groups is 3. The summed E-state index contributed by atoms with van der Waals surface area (Å²) in [5, 5.41) is 12.4. The highest BCUT2D eigenvalue weighted by Gasteiger charge is 2.17. The van der Waals surface area contributed by atoms with Crippen molar-refractivity contribution in [3.8, 4) is 5.75 Å². The van der Waals surface area contributed by atoms with Gasteiger partial charge in [-0.15, -0.1) is 0 Å². The van der Waals surface area contributed by atoms with Gasteiger partial charge in [-0.3, -0.25) is 4.79 Å². The fourth-order valence-electron chi connectivity index (χ4n) is 2.05. The maximum atomic E-state index is 12.0. The van der Waals surface area contributed by atoms with Crippen molar-refractivity contribution in [2.24, 2.45) is 0 Å². The van der Waals surface area contributed by atoms with Crippen LogP contribution in [0.3, 0.4) is 0 Å². The minimum absolute atomic E-state index is 0.117. The Morgan fingerprint density at radius 2 is 1.73 bits per heavy atom. The van der Waals surface area contributed by atoms with Crippen molar-refractivity contribution < 1.29 is 29.0 Å². The summed E-state index contributed by atoms with van der Waals surface area (Å²) in [7, 11) is 0. The number of aromatic hydroxyl groups is 1. The van der Waals surface area contributed by atoms with Crippen LogP contribution in [0.5, 0.6) is 5.75 Å². The van der Waals surface area contributed by atoms with Gasteiger partial charge in [0, 0.05) is 5.02 Å². The number of rotatable bonds is 6. The van der Waals surface area contributed by atoms with Crippen molar-refractivity contribution in [1.82, 2.24) is 0 Å². The standard InChI is InChI=1S/C18H16ClNO6/c1-2-25-17(23)12-5-3-4-6-14(12)20-16(22)10-26-18(24)13-8-7-11(19)9-15(13)21/h3-9,21H,2,10H2,1H3,(H,20,22). The molecule has 0 spiro atoms. The van der Waals surface area contributed by atoms with E-state index in [-0.39, 0.29) is 34.2 Å². The Labute approximate surface area is 154 Å². The summed E-state index contributed by atoms with van der Waals surface area (Å²) in [5.74, 6) is -2.46. The third-order valence-electron chi connectivity index (χ3n) is 3.21. The maximum absolute atomic E-state index is 12.0. The Morgan fingerprint density at radius 1 is 1.04 bits per heavy atom. The number of phenols is 1. The molecule has 0 saturated carbocycles. The second-order valence-electron chi connectivity index (χ2n) is 5.05. The molecule has 0 atom stereocenters. The molecule has 7 nitrogen and oxygen atoms in total. The van der Waals surface area contributed by atoms with Crippen LogP contribution in [0.2, 0.25) is 5.02 Å². The lowest BCUT2D eigenvalue weighted by molar-refractivity contribution is -0.119. The van der Waals surface area contributed by atoms with E-state index in [1.54, 1.807) is 19.1 Å². The summed E-state index contributed by atoms with van der Waals surface area (Å²) in [6.07, 6.45) is 0. The molecule has 26 heavy (non-hydrogen) atoms. The van der Waals surface area contributed by atoms with Crippen LogP contribution in [0.1, 0.15) is 27.6 Å². The van der Waals surface area contributed by atoms with Crippen LogP contribution < -0.4 is 5.32 Å². The zero-order valence-corrected chi connectivity index (χ0v) is 14.6. The zero-order valence-electron chi connectivity index (χ0n) is 13.8. The first kappa shape index (κ1) is 19.3. The van der Waals surface area contributed by atoms with Crippen molar-refractivity contribution in [3.05, 3.63) is 58.6 Å². The molecule has 2 N–H and O–H groups in total. The van der Waals surface area contributed by atoms with Crippen LogP contribution in [0.15, 0.2) is 42.5 Å². The number of amides is 1. The van der Waals surface area contributed by atoms with Gasteiger partial charge < -0.3 is 19.9 Å². The molecule has 8 heteroatoms. The Kier molecular flexibility index (Phi) is 6.57. The van der Waals surface area contributed by atoms with Crippen LogP contribution >= 0.6 is 11.6 Å². The monoisotopic (exact) mass is 377 g/mol. The summed E-state index contributed by atoms with van der Waals surface area (Å²) in [6, 6.07) is 10.2. The molecule has 0 heterocycles. The van der Waals surface area contributed by atoms with Gasteiger partial charge in [0.05, 0.1) is 17.9 Å². The second kappa shape index (κ2) is 8.87. The Balaban J connectivity index is 1.99. The number of esters is 2. The van der Waals surface area contributed by atoms with Crippen LogP contribution in [0, 0.1) is 0 Å². The molecule has 2 aromatic rings. The Bertz CT molecular complexity index is 836. The van der Waals surface area contributed by atoms with Gasteiger partial charge in [-0.05, 0) is 37.3 Å². The van der Waals surface area contributed by atoms with Crippen LogP contribution in [0.4, 0.5) is 5.69 Å². The predicted molar refractivity (Wildman–Crippen MR) is 94.4 cm³/mol. The molecule has 0 saturated heterocycles. The Morgan fingerprint density at radius 3 is 2.42 bits per heavy atom. The quantitative estimate of drug-likeness (QED) is 0.750. The number of hydrogen-bond donors (Lipinski definition) is 2. The van der Waals surface area contributed by atoms with Crippen LogP contribution in [-0.4, -0.2) is 36.2 Å². The molecule has 0 aromatic heterocycles. The molecule has 1 amide bonds. The van der Waals surface area contributed by atoms with Gasteiger partial charge in [0.25, 0.3) is 5.91 Å². The minimum atomic E-state index is -0.881. The van der Waals surface area contributed by atoms with E-state index >= 15 is 0 Å². The molecule has 0 aliphatic carbocycles. The summed E-state index contributed by atoms with van der Waals surface area (Å²) in [6.45, 7) is 1.27. The van der Waals surface area contributed by atoms with E-state index in [0.717, 1.165) is 0 Å². The third-order valence-corrected chi connectivity index (χ3v) is 3.45. The Hall–Kier alpha value is -3.06. The number of carbonyl (C=O) groups excluding carboxylic acids is 3. The summed E-state index contributed by atoms with van der Waals surface area (Å²) in [4.78, 5) is 35.8. The third kappa shape index (κ3) is 4.97. The van der Waals surface area contributed by atoms with Gasteiger partial charge in [0.15, 0.2) is 6.61 Å². The van der Waals surface area contributed by atoms with Gasteiger partial charge in [-0.1, -0.05) is 23.7 Å². The fraction of sp³-hybridized carbons (Fsp3) is 0.167. The van der Waals surface area contributed by atoms with Gasteiger partial charge in [0.1, 0.15) is 11.3 Å². The lowest BCUT2D eigenvalue weighted by atomic mass is 10.2. The molecule has 0 fully saturated rings. The molecule has 0 unspecified atom stereocenters. The number of halogens is 1. The normalized spacial score (nSPS) is 10.1. The van der Waals surface area contributed by atoms with Crippen molar-refractivity contribution >= 4 is 35.1 Å². The highest BCUT2D eigenvalue weighted by molar-refractivity contribution is 6.30. The van der Waals surface area contributed by atoms with E-state index in [0.29, 0.717) is 0 Å². The molecule has 136 valence electrons. The number of para-hydroxylation sites is 1. The predicted octanol–water partition coefficient (Wildman–Crippen LogP) is 3.02. The highest BCUT2D eigenvalue weighted by atomic mass is 35.5. The largest absolute Gasteiger partial charge is 0.507 e. The zero-order chi connectivity index (χ0) is 19.1. The van der Waals surface area contributed by atoms with Crippen molar-refractivity contribution in [3.63, 3.8) is 0 Å². The number of phenolic OH excluding ortho intramolecular Hbond substituents is 1. The van der Waals surface area contributed by atoms with E-state index in [9.17, 15) is 19.5 Å². The summed E-state index contributed by atoms with van der Waals surface area (Å²) in [5.41, 5.74) is 0.305. The molecule has 2 rings (SSSR count). The molecular weight excluding hydrogens is 362 g/mol. The number of ether oxygens (including phenoxy) is 2. The molecule has 0 bridgehead atoms. The number of hydrogen-bond acceptors (Lipinski definition) is 6. The van der Waals surface area contributed by atoms with Gasteiger partial charge in [-0.25, -0.2) is 9.59 Å². The van der Waals surface area contributed by atoms with E-state index in [2.05, 4.69) is 5.32 Å². The van der Waals surface area contributed by atoms with Gasteiger partial charge in [-0.2, -0.15) is 0 Å². The number of benzene rings is 2. The van der Waals surface area contributed by atoms with E-state index < -0.39 is 24.5 Å². The van der Waals surface area contributed by atoms with E-state index in [1.807, 2.05) is 0 Å². The lowest BCUT2D eigenvalue weighted by Gasteiger charge is -2.11. The SMILES string of the molecule is CCOC(=O)c1ccccc1NC(=O)COC(=O)c1ccc(Cl)cc1O. The van der Waals surface area contributed by atoms with E-state index in [1.165, 1.54) is 30.3 Å². The first-order valence-corrected chi connectivity index (χ1v) is 8.01. The summed E-state index contributed by atoms with van der Waals surface area (Å²) < 4.78 is 9.78. The van der Waals surface area contributed by atoms with E-state index in [4.69, 9.17) is 21.1 Å². The topological polar surface area (TPSA) is 102 Å². The minimum Gasteiger partial charge on any atom is -0.507 e. The summed E-state index contributed by atoms with van der Waals surface area (Å²) >= 11 is 5.69. The van der Waals surface area contributed by atoms with Crippen molar-refractivity contribution in [2.45, 2.75) is 6.92 Å². The molecular formula is C18H16ClNO6. The smallest absolute Gasteiger partial charge is 0.342 e. The average Bonchev–Trinajstić information content (AvgIpc) is 2.60. The molecule has 0 aliphatic heterocycles. The molecule has 0 aliphatic rings. The first-order valence-electron chi connectivity index (χ1n) is 7.64. The van der Waals surface area contributed by atoms with Crippen molar-refractivity contribution in [1.29, 1.82) is 0 Å². The van der Waals surface area contributed by atoms with Gasteiger partial charge >= 0.3 is 11.9 Å². The maximum Gasteiger partial charge on any atom is 0.342 e. The second-order valence-corrected chi connectivity index (χ2v) is 5.49. The van der Waals surface area contributed by atoms with Crippen molar-refractivity contribution in [2.75, 3.05) is 18.5 Å². The molecule has 2 aromatic carbocycles. The number of anilines is 1. The first-order chi connectivity index (χ1) is 12.4. The average molecular weight is 378 g/mol. The molecule has 0 radical (unpaired) electrons. The number of nitrogens with one attached hydrogen (secondary N) is 1. The van der Waals surface area contributed by atoms with Gasteiger partial charge in [0.2, 0.25) is 0 Å². The fourth-order valence-corrected chi connectivity index (χ4v) is 2.22. The van der Waals surface area contributed by atoms with Crippen LogP contribution in [-0.2, 0) is 14.3 Å².